The molecule has 0 atom stereocenters. The molecule has 0 fully saturated rings. The molecule has 0 aliphatic carbocycles. The van der Waals surface area contributed by atoms with Gasteiger partial charge in [-0.15, -0.1) is 0 Å². The number of hydrazone groups is 1. The van der Waals surface area contributed by atoms with Gasteiger partial charge in [0.1, 0.15) is 0 Å². The second kappa shape index (κ2) is 7.43. The van der Waals surface area contributed by atoms with E-state index in [4.69, 9.17) is 9.47 Å². The number of nitrogens with one attached hydrogen (secondary N) is 1. The van der Waals surface area contributed by atoms with Gasteiger partial charge in [-0.3, -0.25) is 4.79 Å². The van der Waals surface area contributed by atoms with E-state index in [1.54, 1.807) is 12.1 Å². The van der Waals surface area contributed by atoms with Crippen LogP contribution in [0.1, 0.15) is 21.5 Å². The van der Waals surface area contributed by atoms with E-state index in [9.17, 15) is 20.1 Å². The minimum atomic E-state index is -0.698. The number of aromatic hydroxyl groups is 3. The van der Waals surface area contributed by atoms with Gasteiger partial charge in [0, 0.05) is 11.1 Å². The number of aryl methyl sites for hydroxylation is 1. The lowest BCUT2D eigenvalue weighted by atomic mass is 10.1. The highest BCUT2D eigenvalue weighted by Crippen LogP contribution is 2.35. The first-order valence-corrected chi connectivity index (χ1v) is 7.18. The van der Waals surface area contributed by atoms with E-state index >= 15 is 0 Å². The first-order chi connectivity index (χ1) is 11.9. The fraction of sp³-hybridized carbons (Fsp3) is 0.176. The lowest BCUT2D eigenvalue weighted by Crippen LogP contribution is -2.17. The normalized spacial score (nSPS) is 10.7. The third kappa shape index (κ3) is 3.92. The summed E-state index contributed by atoms with van der Waals surface area (Å²) in [7, 11) is 3.01. The Morgan fingerprint density at radius 3 is 2.28 bits per heavy atom. The van der Waals surface area contributed by atoms with Gasteiger partial charge in [0.2, 0.25) is 0 Å². The number of hydrogen-bond donors (Lipinski definition) is 4. The van der Waals surface area contributed by atoms with Gasteiger partial charge in [-0.2, -0.15) is 5.10 Å². The van der Waals surface area contributed by atoms with Crippen LogP contribution in [0.5, 0.6) is 28.7 Å². The van der Waals surface area contributed by atoms with Crippen molar-refractivity contribution in [3.63, 3.8) is 0 Å². The van der Waals surface area contributed by atoms with E-state index in [0.717, 1.165) is 17.7 Å². The number of nitrogens with zero attached hydrogens (tertiary/aromatic N) is 1. The van der Waals surface area contributed by atoms with Gasteiger partial charge < -0.3 is 24.8 Å². The monoisotopic (exact) mass is 346 g/mol. The molecule has 8 heteroatoms. The summed E-state index contributed by atoms with van der Waals surface area (Å²) in [4.78, 5) is 12.0. The topological polar surface area (TPSA) is 121 Å². The van der Waals surface area contributed by atoms with E-state index in [0.29, 0.717) is 17.1 Å². The number of amides is 1. The van der Waals surface area contributed by atoms with Crippen LogP contribution >= 0.6 is 0 Å². The molecule has 2 rings (SSSR count). The average molecular weight is 346 g/mol. The molecule has 0 aliphatic heterocycles. The molecule has 0 spiro atoms. The predicted molar refractivity (Wildman–Crippen MR) is 90.8 cm³/mol. The SMILES string of the molecule is COc1cc(C)cc(/C=N/NC(=O)c2cc(O)c(O)c(O)c2)c1OC. The van der Waals surface area contributed by atoms with Crippen molar-refractivity contribution in [2.24, 2.45) is 5.10 Å². The molecule has 132 valence electrons. The van der Waals surface area contributed by atoms with Crippen molar-refractivity contribution in [3.05, 3.63) is 41.0 Å². The van der Waals surface area contributed by atoms with Crippen molar-refractivity contribution in [1.82, 2.24) is 5.43 Å². The number of phenolic OH excluding ortho intramolecular Hbond substituents is 3. The Bertz CT molecular complexity index is 809. The molecular weight excluding hydrogens is 328 g/mol. The summed E-state index contributed by atoms with van der Waals surface area (Å²) in [5.41, 5.74) is 3.70. The van der Waals surface area contributed by atoms with Crippen LogP contribution in [0.25, 0.3) is 0 Å². The fourth-order valence-corrected chi connectivity index (χ4v) is 2.19. The molecule has 0 saturated heterocycles. The number of hydrogen-bond acceptors (Lipinski definition) is 7. The summed E-state index contributed by atoms with van der Waals surface area (Å²) in [5, 5.41) is 32.0. The van der Waals surface area contributed by atoms with E-state index in [-0.39, 0.29) is 5.56 Å². The van der Waals surface area contributed by atoms with Crippen molar-refractivity contribution >= 4 is 12.1 Å². The molecular formula is C17H18N2O6. The standard InChI is InChI=1S/C17H18N2O6/c1-9-4-11(16(25-3)14(5-9)24-2)8-18-19-17(23)10-6-12(20)15(22)13(21)7-10/h4-8,20-22H,1-3H3,(H,19,23)/b18-8+. The molecule has 0 unspecified atom stereocenters. The van der Waals surface area contributed by atoms with Gasteiger partial charge in [-0.25, -0.2) is 5.43 Å². The minimum Gasteiger partial charge on any atom is -0.504 e. The van der Waals surface area contributed by atoms with Crippen molar-refractivity contribution < 1.29 is 29.6 Å². The quantitative estimate of drug-likeness (QED) is 0.373. The third-order valence-electron chi connectivity index (χ3n) is 3.35. The molecule has 2 aromatic rings. The second-order valence-corrected chi connectivity index (χ2v) is 5.15. The van der Waals surface area contributed by atoms with Crippen LogP contribution < -0.4 is 14.9 Å². The Labute approximate surface area is 143 Å². The van der Waals surface area contributed by atoms with Gasteiger partial charge in [0.05, 0.1) is 20.4 Å². The molecule has 0 bridgehead atoms. The van der Waals surface area contributed by atoms with Crippen molar-refractivity contribution in [3.8, 4) is 28.7 Å². The van der Waals surface area contributed by atoms with Crippen LogP contribution in [0.4, 0.5) is 0 Å². The van der Waals surface area contributed by atoms with Gasteiger partial charge in [0.15, 0.2) is 28.7 Å². The average Bonchev–Trinajstić information content (AvgIpc) is 2.58. The molecule has 0 aromatic heterocycles. The van der Waals surface area contributed by atoms with Crippen LogP contribution in [-0.4, -0.2) is 41.7 Å². The maximum atomic E-state index is 12.0. The van der Waals surface area contributed by atoms with E-state index in [1.807, 2.05) is 6.92 Å². The maximum absolute atomic E-state index is 12.0. The smallest absolute Gasteiger partial charge is 0.271 e. The minimum absolute atomic E-state index is 0.0706. The summed E-state index contributed by atoms with van der Waals surface area (Å²) in [5.74, 6) is -1.61. The summed E-state index contributed by atoms with van der Waals surface area (Å²) < 4.78 is 10.5. The number of methoxy groups -OCH3 is 2. The van der Waals surface area contributed by atoms with Crippen LogP contribution in [0.2, 0.25) is 0 Å². The first-order valence-electron chi connectivity index (χ1n) is 7.18. The van der Waals surface area contributed by atoms with E-state index < -0.39 is 23.2 Å². The van der Waals surface area contributed by atoms with Gasteiger partial charge in [0.25, 0.3) is 5.91 Å². The largest absolute Gasteiger partial charge is 0.504 e. The molecule has 0 aliphatic rings. The van der Waals surface area contributed by atoms with Crippen LogP contribution in [0.15, 0.2) is 29.4 Å². The molecule has 1 amide bonds. The molecule has 0 saturated carbocycles. The van der Waals surface area contributed by atoms with Crippen molar-refractivity contribution in [1.29, 1.82) is 0 Å². The van der Waals surface area contributed by atoms with E-state index in [1.165, 1.54) is 20.4 Å². The highest BCUT2D eigenvalue weighted by Gasteiger charge is 2.13. The first kappa shape index (κ1) is 17.9. The Morgan fingerprint density at radius 1 is 1.08 bits per heavy atom. The Hall–Kier alpha value is -3.42. The Morgan fingerprint density at radius 2 is 1.72 bits per heavy atom. The zero-order valence-electron chi connectivity index (χ0n) is 13.9. The number of phenols is 3. The maximum Gasteiger partial charge on any atom is 0.271 e. The predicted octanol–water partition coefficient (Wildman–Crippen LogP) is 1.89. The zero-order chi connectivity index (χ0) is 18.6. The zero-order valence-corrected chi connectivity index (χ0v) is 13.9. The van der Waals surface area contributed by atoms with Crippen molar-refractivity contribution in [2.45, 2.75) is 6.92 Å². The lowest BCUT2D eigenvalue weighted by Gasteiger charge is -2.11. The lowest BCUT2D eigenvalue weighted by molar-refractivity contribution is 0.0954. The van der Waals surface area contributed by atoms with Gasteiger partial charge >= 0.3 is 0 Å². The molecule has 4 N–H and O–H groups in total. The highest BCUT2D eigenvalue weighted by molar-refractivity contribution is 5.96. The van der Waals surface area contributed by atoms with Crippen LogP contribution in [0.3, 0.4) is 0 Å². The highest BCUT2D eigenvalue weighted by atomic mass is 16.5. The van der Waals surface area contributed by atoms with Crippen molar-refractivity contribution in [2.75, 3.05) is 14.2 Å². The number of rotatable bonds is 5. The van der Waals surface area contributed by atoms with Gasteiger partial charge in [-0.05, 0) is 36.8 Å². The molecule has 8 nitrogen and oxygen atoms in total. The summed E-state index contributed by atoms with van der Waals surface area (Å²) >= 11 is 0. The Kier molecular flexibility index (Phi) is 5.33. The second-order valence-electron chi connectivity index (χ2n) is 5.15. The molecule has 0 heterocycles. The number of carbonyl (C=O) groups excluding carboxylic acids is 1. The summed E-state index contributed by atoms with van der Waals surface area (Å²) in [6.07, 6.45) is 1.38. The summed E-state index contributed by atoms with van der Waals surface area (Å²) in [6, 6.07) is 5.62. The van der Waals surface area contributed by atoms with Crippen LogP contribution in [0, 0.1) is 6.92 Å². The molecule has 25 heavy (non-hydrogen) atoms. The van der Waals surface area contributed by atoms with Crippen LogP contribution in [-0.2, 0) is 0 Å². The number of carbonyl (C=O) groups is 1. The third-order valence-corrected chi connectivity index (χ3v) is 3.35. The molecule has 0 radical (unpaired) electrons. The van der Waals surface area contributed by atoms with E-state index in [2.05, 4.69) is 10.5 Å². The van der Waals surface area contributed by atoms with Gasteiger partial charge in [-0.1, -0.05) is 0 Å². The molecule has 2 aromatic carbocycles. The number of benzene rings is 2. The summed E-state index contributed by atoms with van der Waals surface area (Å²) in [6.45, 7) is 1.87. The fourth-order valence-electron chi connectivity index (χ4n) is 2.19. The Balaban J connectivity index is 2.21. The number of ether oxygens (including phenoxy) is 2.